The number of nitrogens with zero attached hydrogens (tertiary/aromatic N) is 5. The van der Waals surface area contributed by atoms with Crippen LogP contribution in [0.4, 0.5) is 0 Å². The van der Waals surface area contributed by atoms with Gasteiger partial charge in [-0.25, -0.2) is 4.98 Å². The molecule has 3 aromatic heterocycles. The number of aromatic amines is 1. The van der Waals surface area contributed by atoms with E-state index in [-0.39, 0.29) is 17.3 Å². The molecule has 0 fully saturated rings. The van der Waals surface area contributed by atoms with Gasteiger partial charge in [0.25, 0.3) is 11.4 Å². The van der Waals surface area contributed by atoms with E-state index >= 15 is 0 Å². The third-order valence-corrected chi connectivity index (χ3v) is 2.81. The third-order valence-electron chi connectivity index (χ3n) is 2.81. The van der Waals surface area contributed by atoms with E-state index in [2.05, 4.69) is 25.3 Å². The van der Waals surface area contributed by atoms with Crippen LogP contribution in [0.1, 0.15) is 19.0 Å². The maximum absolute atomic E-state index is 12.1. The average Bonchev–Trinajstić information content (AvgIpc) is 2.99. The molecule has 0 atom stereocenters. The zero-order valence-corrected chi connectivity index (χ0v) is 10.5. The lowest BCUT2D eigenvalue weighted by Crippen LogP contribution is -2.12. The zero-order chi connectivity index (χ0) is 13.4. The van der Waals surface area contributed by atoms with E-state index < -0.39 is 0 Å². The second kappa shape index (κ2) is 4.30. The molecule has 8 heteroatoms. The Hall–Kier alpha value is -2.51. The molecule has 3 heterocycles. The SMILES string of the molecule is CCCc1nn(C)c2c(=O)[nH]c(-c3nnco3)nc12. The average molecular weight is 260 g/mol. The van der Waals surface area contributed by atoms with Gasteiger partial charge in [0, 0.05) is 7.05 Å². The minimum atomic E-state index is -0.268. The highest BCUT2D eigenvalue weighted by Gasteiger charge is 2.16. The molecular formula is C11H12N6O2. The first kappa shape index (κ1) is 11.6. The van der Waals surface area contributed by atoms with Crippen molar-refractivity contribution in [2.75, 3.05) is 0 Å². The summed E-state index contributed by atoms with van der Waals surface area (Å²) in [7, 11) is 1.73. The number of H-pyrrole nitrogens is 1. The molecule has 1 N–H and O–H groups in total. The van der Waals surface area contributed by atoms with Gasteiger partial charge in [-0.05, 0) is 6.42 Å². The summed E-state index contributed by atoms with van der Waals surface area (Å²) in [5.74, 6) is 0.450. The van der Waals surface area contributed by atoms with Crippen molar-refractivity contribution in [2.45, 2.75) is 19.8 Å². The van der Waals surface area contributed by atoms with Crippen molar-refractivity contribution in [1.82, 2.24) is 29.9 Å². The molecule has 0 radical (unpaired) electrons. The molecule has 0 bridgehead atoms. The van der Waals surface area contributed by atoms with Gasteiger partial charge in [0.2, 0.25) is 6.39 Å². The molecule has 0 saturated heterocycles. The van der Waals surface area contributed by atoms with E-state index in [1.807, 2.05) is 6.92 Å². The molecule has 98 valence electrons. The predicted molar refractivity (Wildman–Crippen MR) is 66.4 cm³/mol. The lowest BCUT2D eigenvalue weighted by atomic mass is 10.2. The summed E-state index contributed by atoms with van der Waals surface area (Å²) in [6.45, 7) is 2.05. The summed E-state index contributed by atoms with van der Waals surface area (Å²) >= 11 is 0. The summed E-state index contributed by atoms with van der Waals surface area (Å²) in [6.07, 6.45) is 2.88. The first-order valence-electron chi connectivity index (χ1n) is 5.93. The van der Waals surface area contributed by atoms with Crippen LogP contribution in [0.15, 0.2) is 15.6 Å². The molecule has 19 heavy (non-hydrogen) atoms. The second-order valence-corrected chi connectivity index (χ2v) is 4.18. The Morgan fingerprint density at radius 2 is 2.32 bits per heavy atom. The van der Waals surface area contributed by atoms with Gasteiger partial charge in [0.1, 0.15) is 5.52 Å². The van der Waals surface area contributed by atoms with Crippen molar-refractivity contribution in [2.24, 2.45) is 7.05 Å². The molecule has 3 aromatic rings. The topological polar surface area (TPSA) is 102 Å². The summed E-state index contributed by atoms with van der Waals surface area (Å²) in [5.41, 5.74) is 1.57. The lowest BCUT2D eigenvalue weighted by Gasteiger charge is -1.97. The largest absolute Gasteiger partial charge is 0.421 e. The molecule has 0 aliphatic heterocycles. The van der Waals surface area contributed by atoms with E-state index in [0.29, 0.717) is 11.0 Å². The van der Waals surface area contributed by atoms with Crippen LogP contribution in [0.5, 0.6) is 0 Å². The molecule has 0 spiro atoms. The standard InChI is InChI=1S/C11H12N6O2/c1-3-4-6-7-8(17(2)16-6)10(18)14-9(13-7)11-15-12-5-19-11/h5H,3-4H2,1-2H3,(H,13,14,18). The number of aryl methyl sites for hydroxylation is 2. The van der Waals surface area contributed by atoms with Crippen molar-refractivity contribution >= 4 is 11.0 Å². The van der Waals surface area contributed by atoms with Crippen molar-refractivity contribution < 1.29 is 4.42 Å². The zero-order valence-electron chi connectivity index (χ0n) is 10.5. The normalized spacial score (nSPS) is 11.3. The van der Waals surface area contributed by atoms with Gasteiger partial charge >= 0.3 is 0 Å². The Balaban J connectivity index is 2.29. The van der Waals surface area contributed by atoms with Gasteiger partial charge in [-0.1, -0.05) is 13.3 Å². The number of hydrogen-bond acceptors (Lipinski definition) is 6. The fourth-order valence-corrected chi connectivity index (χ4v) is 2.03. The highest BCUT2D eigenvalue weighted by Crippen LogP contribution is 2.17. The Morgan fingerprint density at radius 1 is 1.47 bits per heavy atom. The van der Waals surface area contributed by atoms with E-state index in [4.69, 9.17) is 4.42 Å². The number of rotatable bonds is 3. The minimum absolute atomic E-state index is 0.185. The van der Waals surface area contributed by atoms with Crippen molar-refractivity contribution in [1.29, 1.82) is 0 Å². The van der Waals surface area contributed by atoms with Crippen LogP contribution in [0.25, 0.3) is 22.7 Å². The molecular weight excluding hydrogens is 248 g/mol. The highest BCUT2D eigenvalue weighted by atomic mass is 16.4. The summed E-state index contributed by atoms with van der Waals surface area (Å²) in [5, 5.41) is 11.6. The lowest BCUT2D eigenvalue weighted by molar-refractivity contribution is 0.563. The number of nitrogens with one attached hydrogen (secondary N) is 1. The molecule has 0 saturated carbocycles. The Kier molecular flexibility index (Phi) is 2.62. The van der Waals surface area contributed by atoms with E-state index in [1.165, 1.54) is 6.39 Å². The molecule has 0 aliphatic rings. The first-order valence-corrected chi connectivity index (χ1v) is 5.93. The monoisotopic (exact) mass is 260 g/mol. The van der Waals surface area contributed by atoms with E-state index in [1.54, 1.807) is 11.7 Å². The maximum atomic E-state index is 12.1. The Morgan fingerprint density at radius 3 is 3.00 bits per heavy atom. The number of aromatic nitrogens is 6. The Labute approximate surface area is 107 Å². The summed E-state index contributed by atoms with van der Waals surface area (Å²) in [6, 6.07) is 0. The molecule has 0 amide bonds. The van der Waals surface area contributed by atoms with Gasteiger partial charge in [-0.2, -0.15) is 5.10 Å². The van der Waals surface area contributed by atoms with Crippen LogP contribution < -0.4 is 5.56 Å². The third kappa shape index (κ3) is 1.81. The second-order valence-electron chi connectivity index (χ2n) is 4.18. The fraction of sp³-hybridized carbons (Fsp3) is 0.364. The predicted octanol–water partition coefficient (Wildman–Crippen LogP) is 0.659. The molecule has 0 aromatic carbocycles. The molecule has 3 rings (SSSR count). The fourth-order valence-electron chi connectivity index (χ4n) is 2.03. The smallest absolute Gasteiger partial charge is 0.283 e. The summed E-state index contributed by atoms with van der Waals surface area (Å²) < 4.78 is 6.59. The maximum Gasteiger partial charge on any atom is 0.283 e. The molecule has 0 aliphatic carbocycles. The van der Waals surface area contributed by atoms with Gasteiger partial charge in [0.15, 0.2) is 11.3 Å². The molecule has 8 nitrogen and oxygen atoms in total. The van der Waals surface area contributed by atoms with Crippen LogP contribution in [0.2, 0.25) is 0 Å². The van der Waals surface area contributed by atoms with Gasteiger partial charge < -0.3 is 9.40 Å². The van der Waals surface area contributed by atoms with Crippen molar-refractivity contribution in [3.63, 3.8) is 0 Å². The van der Waals surface area contributed by atoms with Crippen LogP contribution in [0.3, 0.4) is 0 Å². The quantitative estimate of drug-likeness (QED) is 0.742. The van der Waals surface area contributed by atoms with E-state index in [0.717, 1.165) is 18.5 Å². The van der Waals surface area contributed by atoms with Gasteiger partial charge in [-0.15, -0.1) is 10.2 Å². The van der Waals surface area contributed by atoms with Crippen molar-refractivity contribution in [3.05, 3.63) is 22.4 Å². The number of hydrogen-bond donors (Lipinski definition) is 1. The van der Waals surface area contributed by atoms with Crippen LogP contribution in [-0.2, 0) is 13.5 Å². The van der Waals surface area contributed by atoms with E-state index in [9.17, 15) is 4.79 Å². The minimum Gasteiger partial charge on any atom is -0.421 e. The van der Waals surface area contributed by atoms with Crippen LogP contribution in [0, 0.1) is 0 Å². The molecule has 0 unspecified atom stereocenters. The summed E-state index contributed by atoms with van der Waals surface area (Å²) in [4.78, 5) is 19.1. The first-order chi connectivity index (χ1) is 9.20. The highest BCUT2D eigenvalue weighted by molar-refractivity contribution is 5.78. The van der Waals surface area contributed by atoms with Gasteiger partial charge in [0.05, 0.1) is 5.69 Å². The number of fused-ring (bicyclic) bond motifs is 1. The van der Waals surface area contributed by atoms with Gasteiger partial charge in [-0.3, -0.25) is 9.48 Å². The van der Waals surface area contributed by atoms with Crippen molar-refractivity contribution in [3.8, 4) is 11.7 Å². The van der Waals surface area contributed by atoms with Crippen LogP contribution >= 0.6 is 0 Å². The van der Waals surface area contributed by atoms with Crippen LogP contribution in [-0.4, -0.2) is 29.9 Å². The Bertz CT molecular complexity index is 770.